The Hall–Kier alpha value is -2.20. The molecular formula is C21H15F2NS2. The van der Waals surface area contributed by atoms with E-state index in [1.807, 2.05) is 6.07 Å². The summed E-state index contributed by atoms with van der Waals surface area (Å²) in [6.45, 7) is 0. The summed E-state index contributed by atoms with van der Waals surface area (Å²) in [5.41, 5.74) is 1.63. The van der Waals surface area contributed by atoms with Crippen molar-refractivity contribution in [3.63, 3.8) is 0 Å². The van der Waals surface area contributed by atoms with Crippen molar-refractivity contribution in [1.82, 2.24) is 0 Å². The molecule has 3 aromatic rings. The lowest BCUT2D eigenvalue weighted by Crippen LogP contribution is -2.06. The molecule has 26 heavy (non-hydrogen) atoms. The van der Waals surface area contributed by atoms with Gasteiger partial charge in [-0.3, -0.25) is 0 Å². The maximum absolute atomic E-state index is 14.7. The van der Waals surface area contributed by atoms with Crippen LogP contribution in [0.3, 0.4) is 0 Å². The van der Waals surface area contributed by atoms with E-state index in [2.05, 4.69) is 28.4 Å². The first kappa shape index (κ1) is 17.2. The van der Waals surface area contributed by atoms with Gasteiger partial charge in [-0.05, 0) is 78.5 Å². The third-order valence-corrected chi connectivity index (χ3v) is 6.18. The minimum absolute atomic E-state index is 0.0256. The van der Waals surface area contributed by atoms with Crippen LogP contribution in [0, 0.1) is 11.6 Å². The predicted octanol–water partition coefficient (Wildman–Crippen LogP) is 7.36. The summed E-state index contributed by atoms with van der Waals surface area (Å²) in [6.07, 6.45) is 3.69. The van der Waals surface area contributed by atoms with Gasteiger partial charge in [0.2, 0.25) is 0 Å². The van der Waals surface area contributed by atoms with Crippen molar-refractivity contribution < 1.29 is 8.78 Å². The quantitative estimate of drug-likeness (QED) is 0.338. The summed E-state index contributed by atoms with van der Waals surface area (Å²) in [5.74, 6) is -0.509. The van der Waals surface area contributed by atoms with E-state index in [1.165, 1.54) is 36.3 Å². The lowest BCUT2D eigenvalue weighted by atomic mass is 9.84. The van der Waals surface area contributed by atoms with Gasteiger partial charge in [-0.2, -0.15) is 4.99 Å². The van der Waals surface area contributed by atoms with E-state index < -0.39 is 11.6 Å². The highest BCUT2D eigenvalue weighted by molar-refractivity contribution is 7.78. The SMILES string of the molecule is Fc1cc(-c2ccc(C3CCC3)s2)cc(F)c1-c1ccc(N=C=S)cc1. The largest absolute Gasteiger partial charge is 0.206 e. The maximum Gasteiger partial charge on any atom is 0.134 e. The summed E-state index contributed by atoms with van der Waals surface area (Å²) < 4.78 is 29.4. The third-order valence-electron chi connectivity index (χ3n) is 4.79. The number of aliphatic imine (C=N–C) groups is 1. The maximum atomic E-state index is 14.7. The highest BCUT2D eigenvalue weighted by Crippen LogP contribution is 2.42. The molecule has 0 atom stereocenters. The van der Waals surface area contributed by atoms with Crippen molar-refractivity contribution in [2.24, 2.45) is 4.99 Å². The molecule has 130 valence electrons. The van der Waals surface area contributed by atoms with Crippen LogP contribution in [-0.4, -0.2) is 5.16 Å². The zero-order valence-electron chi connectivity index (χ0n) is 13.8. The van der Waals surface area contributed by atoms with Crippen LogP contribution in [0.5, 0.6) is 0 Å². The molecule has 1 nitrogen and oxygen atoms in total. The Balaban J connectivity index is 1.68. The molecule has 4 rings (SSSR count). The van der Waals surface area contributed by atoms with Gasteiger partial charge < -0.3 is 0 Å². The zero-order valence-corrected chi connectivity index (χ0v) is 15.5. The summed E-state index contributed by atoms with van der Waals surface area (Å²) >= 11 is 6.19. The predicted molar refractivity (Wildman–Crippen MR) is 106 cm³/mol. The molecule has 5 heteroatoms. The van der Waals surface area contributed by atoms with Crippen molar-refractivity contribution in [3.8, 4) is 21.6 Å². The van der Waals surface area contributed by atoms with E-state index in [4.69, 9.17) is 0 Å². The molecule has 0 N–H and O–H groups in total. The second-order valence-electron chi connectivity index (χ2n) is 6.39. The highest BCUT2D eigenvalue weighted by atomic mass is 32.1. The molecule has 1 saturated carbocycles. The van der Waals surface area contributed by atoms with Crippen LogP contribution >= 0.6 is 23.6 Å². The molecule has 1 aromatic heterocycles. The van der Waals surface area contributed by atoms with Gasteiger partial charge in [0.1, 0.15) is 11.6 Å². The number of thiophene rings is 1. The van der Waals surface area contributed by atoms with Crippen LogP contribution in [0.2, 0.25) is 0 Å². The van der Waals surface area contributed by atoms with Crippen molar-refractivity contribution in [2.75, 3.05) is 0 Å². The van der Waals surface area contributed by atoms with E-state index in [9.17, 15) is 8.78 Å². The molecule has 0 saturated heterocycles. The molecule has 0 radical (unpaired) electrons. The second-order valence-corrected chi connectivity index (χ2v) is 7.69. The number of benzene rings is 2. The number of thiocarbonyl (C=S) groups is 1. The minimum Gasteiger partial charge on any atom is -0.206 e. The van der Waals surface area contributed by atoms with Gasteiger partial charge >= 0.3 is 0 Å². The average Bonchev–Trinajstić information content (AvgIpc) is 3.04. The summed E-state index contributed by atoms with van der Waals surface area (Å²) in [6, 6.07) is 13.5. The Labute approximate surface area is 160 Å². The van der Waals surface area contributed by atoms with Gasteiger partial charge in [-0.15, -0.1) is 11.3 Å². The normalized spacial score (nSPS) is 13.9. The number of hydrogen-bond acceptors (Lipinski definition) is 3. The van der Waals surface area contributed by atoms with E-state index in [-0.39, 0.29) is 5.56 Å². The first-order valence-electron chi connectivity index (χ1n) is 8.43. The van der Waals surface area contributed by atoms with Gasteiger partial charge in [0.25, 0.3) is 0 Å². The Morgan fingerprint density at radius 1 is 0.962 bits per heavy atom. The van der Waals surface area contributed by atoms with Gasteiger partial charge in [0.15, 0.2) is 0 Å². The van der Waals surface area contributed by atoms with E-state index in [0.29, 0.717) is 22.7 Å². The molecule has 1 heterocycles. The van der Waals surface area contributed by atoms with Gasteiger partial charge in [-0.25, -0.2) is 8.78 Å². The van der Waals surface area contributed by atoms with E-state index in [1.54, 1.807) is 35.6 Å². The van der Waals surface area contributed by atoms with Gasteiger partial charge in [0.05, 0.1) is 16.4 Å². The molecule has 1 aliphatic carbocycles. The van der Waals surface area contributed by atoms with Crippen molar-refractivity contribution in [1.29, 1.82) is 0 Å². The molecular weight excluding hydrogens is 368 g/mol. The molecule has 1 aliphatic rings. The van der Waals surface area contributed by atoms with Crippen LogP contribution in [0.4, 0.5) is 14.5 Å². The number of hydrogen-bond donors (Lipinski definition) is 0. The summed E-state index contributed by atoms with van der Waals surface area (Å²) in [5, 5.41) is 2.27. The van der Waals surface area contributed by atoms with Crippen LogP contribution in [-0.2, 0) is 0 Å². The van der Waals surface area contributed by atoms with Crippen LogP contribution in [0.15, 0.2) is 53.5 Å². The fourth-order valence-electron chi connectivity index (χ4n) is 3.17. The molecule has 0 aliphatic heterocycles. The zero-order chi connectivity index (χ0) is 18.1. The van der Waals surface area contributed by atoms with Gasteiger partial charge in [0, 0.05) is 9.75 Å². The standard InChI is InChI=1S/C21H15F2NS2/c22-17-10-15(20-9-8-19(26-20)13-2-1-3-13)11-18(23)21(17)14-4-6-16(7-5-14)24-12-25/h4-11,13H,1-3H2. The first-order valence-corrected chi connectivity index (χ1v) is 9.65. The molecule has 2 aromatic carbocycles. The van der Waals surface area contributed by atoms with Crippen LogP contribution in [0.25, 0.3) is 21.6 Å². The second kappa shape index (κ2) is 7.20. The minimum atomic E-state index is -0.565. The lowest BCUT2D eigenvalue weighted by Gasteiger charge is -2.23. The fraction of sp³-hybridized carbons (Fsp3) is 0.190. The Kier molecular flexibility index (Phi) is 4.77. The van der Waals surface area contributed by atoms with Crippen molar-refractivity contribution >= 4 is 34.4 Å². The fourth-order valence-corrected chi connectivity index (χ4v) is 4.44. The molecule has 0 bridgehead atoms. The Morgan fingerprint density at radius 2 is 1.65 bits per heavy atom. The number of halogens is 2. The summed E-state index contributed by atoms with van der Waals surface area (Å²) in [7, 11) is 0. The number of nitrogens with zero attached hydrogens (tertiary/aromatic N) is 1. The number of rotatable bonds is 4. The summed E-state index contributed by atoms with van der Waals surface area (Å²) in [4.78, 5) is 6.06. The Morgan fingerprint density at radius 3 is 2.23 bits per heavy atom. The van der Waals surface area contributed by atoms with Gasteiger partial charge in [-0.1, -0.05) is 18.6 Å². The highest BCUT2D eigenvalue weighted by Gasteiger charge is 2.22. The van der Waals surface area contributed by atoms with Crippen LogP contribution < -0.4 is 0 Å². The smallest absolute Gasteiger partial charge is 0.134 e. The third kappa shape index (κ3) is 3.26. The average molecular weight is 383 g/mol. The number of isothiocyanates is 1. The topological polar surface area (TPSA) is 12.4 Å². The van der Waals surface area contributed by atoms with Crippen molar-refractivity contribution in [2.45, 2.75) is 25.2 Å². The van der Waals surface area contributed by atoms with E-state index in [0.717, 1.165) is 4.88 Å². The van der Waals surface area contributed by atoms with Crippen molar-refractivity contribution in [3.05, 3.63) is 65.0 Å². The van der Waals surface area contributed by atoms with Crippen LogP contribution in [0.1, 0.15) is 30.1 Å². The first-order chi connectivity index (χ1) is 12.7. The lowest BCUT2D eigenvalue weighted by molar-refractivity contribution is 0.426. The Bertz CT molecular complexity index is 974. The molecule has 0 amide bonds. The molecule has 0 spiro atoms. The molecule has 1 fully saturated rings. The monoisotopic (exact) mass is 383 g/mol. The molecule has 0 unspecified atom stereocenters. The van der Waals surface area contributed by atoms with E-state index >= 15 is 0 Å².